The molecule has 0 aromatic rings. The summed E-state index contributed by atoms with van der Waals surface area (Å²) in [4.78, 5) is 25.8. The Morgan fingerprint density at radius 3 is 2.71 bits per heavy atom. The van der Waals surface area contributed by atoms with Crippen LogP contribution in [0.25, 0.3) is 0 Å². The molecule has 5 heteroatoms. The van der Waals surface area contributed by atoms with E-state index in [0.29, 0.717) is 32.4 Å². The maximum Gasteiger partial charge on any atom is 0.410 e. The van der Waals surface area contributed by atoms with Gasteiger partial charge in [0.25, 0.3) is 0 Å². The quantitative estimate of drug-likeness (QED) is 0.746. The van der Waals surface area contributed by atoms with Gasteiger partial charge in [-0.2, -0.15) is 0 Å². The topological polar surface area (TPSA) is 55.8 Å². The van der Waals surface area contributed by atoms with E-state index in [1.54, 1.807) is 12.0 Å². The van der Waals surface area contributed by atoms with E-state index in [2.05, 4.69) is 5.92 Å². The molecule has 0 aromatic heterocycles. The zero-order valence-corrected chi connectivity index (χ0v) is 13.3. The molecule has 21 heavy (non-hydrogen) atoms. The maximum absolute atomic E-state index is 12.1. The number of Topliss-reactive ketones (excluding diaryl/α,β-unsaturated/α-hetero) is 1. The first-order chi connectivity index (χ1) is 9.78. The smallest absolute Gasteiger partial charge is 0.410 e. The molecule has 1 fully saturated rings. The highest BCUT2D eigenvalue weighted by molar-refractivity contribution is 5.84. The monoisotopic (exact) mass is 295 g/mol. The van der Waals surface area contributed by atoms with E-state index in [-0.39, 0.29) is 23.9 Å². The normalized spacial score (nSPS) is 20.8. The van der Waals surface area contributed by atoms with E-state index in [1.807, 2.05) is 20.8 Å². The predicted molar refractivity (Wildman–Crippen MR) is 79.8 cm³/mol. The van der Waals surface area contributed by atoms with Crippen LogP contribution in [0.3, 0.4) is 0 Å². The molecule has 2 atom stereocenters. The summed E-state index contributed by atoms with van der Waals surface area (Å²) in [6, 6.07) is 0. The molecule has 2 unspecified atom stereocenters. The molecule has 0 aliphatic carbocycles. The fraction of sp³-hybridized carbons (Fsp3) is 0.750. The van der Waals surface area contributed by atoms with E-state index < -0.39 is 5.60 Å². The van der Waals surface area contributed by atoms with Gasteiger partial charge in [-0.3, -0.25) is 4.79 Å². The Bertz CT molecular complexity index is 419. The first kappa shape index (κ1) is 17.5. The highest BCUT2D eigenvalue weighted by Crippen LogP contribution is 2.23. The van der Waals surface area contributed by atoms with Crippen molar-refractivity contribution in [2.45, 2.75) is 51.7 Å². The van der Waals surface area contributed by atoms with Crippen molar-refractivity contribution >= 4 is 11.9 Å². The summed E-state index contributed by atoms with van der Waals surface area (Å²) in [7, 11) is 1.57. The number of rotatable bonds is 4. The summed E-state index contributed by atoms with van der Waals surface area (Å²) < 4.78 is 10.8. The molecule has 1 rings (SSSR count). The van der Waals surface area contributed by atoms with Gasteiger partial charge in [-0.05, 0) is 27.2 Å². The average Bonchev–Trinajstić information content (AvgIpc) is 2.39. The number of terminal acetylenes is 1. The Kier molecular flexibility index (Phi) is 6.22. The van der Waals surface area contributed by atoms with Gasteiger partial charge < -0.3 is 14.4 Å². The molecule has 0 radical (unpaired) electrons. The molecule has 5 nitrogen and oxygen atoms in total. The first-order valence-electron chi connectivity index (χ1n) is 7.25. The van der Waals surface area contributed by atoms with Crippen LogP contribution in [-0.4, -0.2) is 48.7 Å². The second-order valence-electron chi connectivity index (χ2n) is 6.27. The molecule has 0 spiro atoms. The molecule has 0 bridgehead atoms. The number of likely N-dealkylation sites (tertiary alicyclic amines) is 1. The van der Waals surface area contributed by atoms with Gasteiger partial charge in [0.1, 0.15) is 11.4 Å². The van der Waals surface area contributed by atoms with Crippen LogP contribution in [0.15, 0.2) is 0 Å². The number of ether oxygens (including phenoxy) is 2. The van der Waals surface area contributed by atoms with Crippen LogP contribution in [0.5, 0.6) is 0 Å². The summed E-state index contributed by atoms with van der Waals surface area (Å²) in [6.45, 7) is 6.19. The number of ketones is 1. The molecule has 1 aliphatic heterocycles. The Hall–Kier alpha value is -1.54. The van der Waals surface area contributed by atoms with E-state index in [9.17, 15) is 9.59 Å². The van der Waals surface area contributed by atoms with E-state index >= 15 is 0 Å². The highest BCUT2D eigenvalue weighted by Gasteiger charge is 2.36. The molecular formula is C16H25NO4. The lowest BCUT2D eigenvalue weighted by atomic mass is 9.89. The zero-order valence-electron chi connectivity index (χ0n) is 13.3. The van der Waals surface area contributed by atoms with Gasteiger partial charge in [-0.1, -0.05) is 0 Å². The number of piperidine rings is 1. The fourth-order valence-corrected chi connectivity index (χ4v) is 2.39. The van der Waals surface area contributed by atoms with Crippen molar-refractivity contribution in [1.29, 1.82) is 0 Å². The number of hydrogen-bond donors (Lipinski definition) is 0. The summed E-state index contributed by atoms with van der Waals surface area (Å²) in [5.74, 6) is 2.35. The molecule has 1 amide bonds. The number of carbonyl (C=O) groups is 2. The van der Waals surface area contributed by atoms with Crippen LogP contribution < -0.4 is 0 Å². The molecule has 1 heterocycles. The molecule has 0 aromatic carbocycles. The van der Waals surface area contributed by atoms with Crippen molar-refractivity contribution in [3.63, 3.8) is 0 Å². The van der Waals surface area contributed by atoms with Gasteiger partial charge in [0.15, 0.2) is 0 Å². The van der Waals surface area contributed by atoms with Crippen LogP contribution in [-0.2, 0) is 14.3 Å². The predicted octanol–water partition coefficient (Wildman–Crippen LogP) is 2.24. The second-order valence-corrected chi connectivity index (χ2v) is 6.27. The van der Waals surface area contributed by atoms with Crippen molar-refractivity contribution < 1.29 is 19.1 Å². The van der Waals surface area contributed by atoms with Crippen molar-refractivity contribution in [2.75, 3.05) is 20.2 Å². The summed E-state index contributed by atoms with van der Waals surface area (Å²) in [6.07, 6.45) is 6.13. The number of hydrogen-bond acceptors (Lipinski definition) is 4. The van der Waals surface area contributed by atoms with Gasteiger partial charge in [-0.25, -0.2) is 4.79 Å². The van der Waals surface area contributed by atoms with Crippen LogP contribution in [0.4, 0.5) is 4.79 Å². The lowest BCUT2D eigenvalue weighted by molar-refractivity contribution is -0.131. The van der Waals surface area contributed by atoms with E-state index in [1.165, 1.54) is 0 Å². The second kappa shape index (κ2) is 7.46. The van der Waals surface area contributed by atoms with Gasteiger partial charge >= 0.3 is 6.09 Å². The van der Waals surface area contributed by atoms with E-state index in [4.69, 9.17) is 15.9 Å². The Labute approximate surface area is 127 Å². The SMILES string of the molecule is C#CCCC(OC)C1CN(C(=O)OC(C)(C)C)CCC1=O. The highest BCUT2D eigenvalue weighted by atomic mass is 16.6. The third-order valence-corrected chi connectivity index (χ3v) is 3.44. The van der Waals surface area contributed by atoms with Crippen molar-refractivity contribution in [3.05, 3.63) is 0 Å². The molecule has 118 valence electrons. The minimum Gasteiger partial charge on any atom is -0.444 e. The minimum atomic E-state index is -0.543. The molecule has 0 saturated carbocycles. The Morgan fingerprint density at radius 2 is 2.19 bits per heavy atom. The van der Waals surface area contributed by atoms with Gasteiger partial charge in [0.2, 0.25) is 0 Å². The zero-order chi connectivity index (χ0) is 16.0. The van der Waals surface area contributed by atoms with Crippen LogP contribution in [0, 0.1) is 18.3 Å². The first-order valence-corrected chi connectivity index (χ1v) is 7.25. The largest absolute Gasteiger partial charge is 0.444 e. The van der Waals surface area contributed by atoms with Crippen molar-refractivity contribution in [3.8, 4) is 12.3 Å². The molecular weight excluding hydrogens is 270 g/mol. The summed E-state index contributed by atoms with van der Waals surface area (Å²) >= 11 is 0. The summed E-state index contributed by atoms with van der Waals surface area (Å²) in [5, 5.41) is 0. The van der Waals surface area contributed by atoms with Gasteiger partial charge in [0.05, 0.1) is 12.0 Å². The Balaban J connectivity index is 2.71. The average molecular weight is 295 g/mol. The lowest BCUT2D eigenvalue weighted by Crippen LogP contribution is -2.49. The fourth-order valence-electron chi connectivity index (χ4n) is 2.39. The van der Waals surface area contributed by atoms with Gasteiger partial charge in [0, 0.05) is 33.0 Å². The Morgan fingerprint density at radius 1 is 1.52 bits per heavy atom. The van der Waals surface area contributed by atoms with Gasteiger partial charge in [-0.15, -0.1) is 12.3 Å². The number of nitrogens with zero attached hydrogens (tertiary/aromatic N) is 1. The molecule has 0 N–H and O–H groups in total. The standard InChI is InChI=1S/C16H25NO4/c1-6-7-8-14(20-5)12-11-17(10-9-13(12)18)15(19)21-16(2,3)4/h1,12,14H,7-11H2,2-5H3. The van der Waals surface area contributed by atoms with Crippen LogP contribution in [0.2, 0.25) is 0 Å². The van der Waals surface area contributed by atoms with Crippen molar-refractivity contribution in [1.82, 2.24) is 4.90 Å². The lowest BCUT2D eigenvalue weighted by Gasteiger charge is -2.36. The van der Waals surface area contributed by atoms with Crippen LogP contribution >= 0.6 is 0 Å². The minimum absolute atomic E-state index is 0.124. The summed E-state index contributed by atoms with van der Waals surface area (Å²) in [5.41, 5.74) is -0.543. The third kappa shape index (κ3) is 5.39. The number of carbonyl (C=O) groups excluding carboxylic acids is 2. The van der Waals surface area contributed by atoms with Crippen LogP contribution in [0.1, 0.15) is 40.0 Å². The third-order valence-electron chi connectivity index (χ3n) is 3.44. The molecule has 1 saturated heterocycles. The van der Waals surface area contributed by atoms with Crippen molar-refractivity contribution in [2.24, 2.45) is 5.92 Å². The number of methoxy groups -OCH3 is 1. The van der Waals surface area contributed by atoms with E-state index in [0.717, 1.165) is 0 Å². The maximum atomic E-state index is 12.1. The number of amides is 1. The molecule has 1 aliphatic rings.